The number of rotatable bonds is 4. The molecule has 1 aromatic heterocycles. The minimum atomic E-state index is -3.70. The number of H-pyrrole nitrogens is 1. The quantitative estimate of drug-likeness (QED) is 0.809. The molecule has 0 bridgehead atoms. The summed E-state index contributed by atoms with van der Waals surface area (Å²) in [4.78, 5) is 2.87. The molecule has 0 aliphatic carbocycles. The van der Waals surface area contributed by atoms with Gasteiger partial charge in [-0.15, -0.1) is 0 Å². The van der Waals surface area contributed by atoms with Crippen LogP contribution in [0.4, 0.5) is 5.69 Å². The number of aromatic amines is 1. The van der Waals surface area contributed by atoms with Crippen molar-refractivity contribution in [2.75, 3.05) is 4.72 Å². The Morgan fingerprint density at radius 2 is 2.00 bits per heavy atom. The fraction of sp³-hybridized carbons (Fsp3) is 0.0909. The van der Waals surface area contributed by atoms with Crippen molar-refractivity contribution < 1.29 is 8.42 Å². The van der Waals surface area contributed by atoms with E-state index in [9.17, 15) is 8.42 Å². The molecule has 2 aromatic rings. The fourth-order valence-corrected chi connectivity index (χ4v) is 3.08. The van der Waals surface area contributed by atoms with Crippen LogP contribution in [0.3, 0.4) is 0 Å². The maximum absolute atomic E-state index is 12.1. The first-order valence-corrected chi connectivity index (χ1v) is 7.51. The number of halogens is 2. The van der Waals surface area contributed by atoms with E-state index < -0.39 is 10.0 Å². The summed E-state index contributed by atoms with van der Waals surface area (Å²) in [5.74, 6) is 0. The van der Waals surface area contributed by atoms with Gasteiger partial charge in [-0.25, -0.2) is 8.42 Å². The molecule has 0 radical (unpaired) electrons. The van der Waals surface area contributed by atoms with Gasteiger partial charge < -0.3 is 10.7 Å². The molecule has 2 rings (SSSR count). The summed E-state index contributed by atoms with van der Waals surface area (Å²) < 4.78 is 26.6. The maximum atomic E-state index is 12.1. The van der Waals surface area contributed by atoms with Crippen LogP contribution in [0.5, 0.6) is 0 Å². The standard InChI is InChI=1S/C11H11Cl2N3O2S/c12-7-1-2-11(10(13)3-7)16-19(17,18)9-4-8(5-14)15-6-9/h1-4,6,15-16H,5,14H2. The second-order valence-corrected chi connectivity index (χ2v) is 6.32. The van der Waals surface area contributed by atoms with E-state index in [0.29, 0.717) is 10.7 Å². The van der Waals surface area contributed by atoms with Gasteiger partial charge in [-0.05, 0) is 24.3 Å². The lowest BCUT2D eigenvalue weighted by molar-refractivity contribution is 0.601. The molecule has 0 saturated heterocycles. The zero-order valence-corrected chi connectivity index (χ0v) is 12.0. The number of nitrogens with one attached hydrogen (secondary N) is 2. The second-order valence-electron chi connectivity index (χ2n) is 3.79. The molecule has 1 heterocycles. The highest BCUT2D eigenvalue weighted by atomic mass is 35.5. The molecular formula is C11H11Cl2N3O2S. The van der Waals surface area contributed by atoms with E-state index in [1.165, 1.54) is 24.4 Å². The molecule has 4 N–H and O–H groups in total. The molecule has 0 atom stereocenters. The first-order chi connectivity index (χ1) is 8.92. The van der Waals surface area contributed by atoms with Crippen molar-refractivity contribution in [3.8, 4) is 0 Å². The van der Waals surface area contributed by atoms with Crippen molar-refractivity contribution in [3.63, 3.8) is 0 Å². The normalized spacial score (nSPS) is 11.5. The number of hydrogen-bond acceptors (Lipinski definition) is 3. The molecule has 0 spiro atoms. The van der Waals surface area contributed by atoms with Crippen LogP contribution in [0.15, 0.2) is 35.4 Å². The number of sulfonamides is 1. The lowest BCUT2D eigenvalue weighted by atomic mass is 10.3. The summed E-state index contributed by atoms with van der Waals surface area (Å²) in [7, 11) is -3.70. The van der Waals surface area contributed by atoms with E-state index in [2.05, 4.69) is 9.71 Å². The minimum Gasteiger partial charge on any atom is -0.363 e. The highest BCUT2D eigenvalue weighted by Crippen LogP contribution is 2.27. The van der Waals surface area contributed by atoms with Gasteiger partial charge in [0, 0.05) is 23.5 Å². The van der Waals surface area contributed by atoms with Gasteiger partial charge in [0.05, 0.1) is 10.7 Å². The Morgan fingerprint density at radius 3 is 2.58 bits per heavy atom. The topological polar surface area (TPSA) is 88.0 Å². The van der Waals surface area contributed by atoms with Crippen LogP contribution in [0, 0.1) is 0 Å². The number of hydrogen-bond donors (Lipinski definition) is 3. The first kappa shape index (κ1) is 14.2. The molecule has 0 fully saturated rings. The number of nitrogens with two attached hydrogens (primary N) is 1. The molecule has 102 valence electrons. The van der Waals surface area contributed by atoms with Crippen molar-refractivity contribution in [2.45, 2.75) is 11.4 Å². The lowest BCUT2D eigenvalue weighted by Gasteiger charge is -2.08. The SMILES string of the molecule is NCc1cc(S(=O)(=O)Nc2ccc(Cl)cc2Cl)c[nH]1. The van der Waals surface area contributed by atoms with Crippen LogP contribution < -0.4 is 10.5 Å². The Kier molecular flexibility index (Phi) is 4.05. The van der Waals surface area contributed by atoms with Crippen molar-refractivity contribution >= 4 is 38.9 Å². The highest BCUT2D eigenvalue weighted by Gasteiger charge is 2.17. The van der Waals surface area contributed by atoms with Crippen LogP contribution in [0.2, 0.25) is 10.0 Å². The van der Waals surface area contributed by atoms with Gasteiger partial charge >= 0.3 is 0 Å². The lowest BCUT2D eigenvalue weighted by Crippen LogP contribution is -2.12. The Bertz CT molecular complexity index is 698. The molecule has 0 aliphatic heterocycles. The van der Waals surface area contributed by atoms with E-state index in [4.69, 9.17) is 28.9 Å². The predicted molar refractivity (Wildman–Crippen MR) is 76.0 cm³/mol. The summed E-state index contributed by atoms with van der Waals surface area (Å²) in [6.07, 6.45) is 1.37. The molecule has 0 amide bonds. The zero-order valence-electron chi connectivity index (χ0n) is 9.65. The molecular weight excluding hydrogens is 309 g/mol. The average molecular weight is 320 g/mol. The number of aromatic nitrogens is 1. The van der Waals surface area contributed by atoms with E-state index in [-0.39, 0.29) is 22.2 Å². The van der Waals surface area contributed by atoms with Gasteiger partial charge in [0.2, 0.25) is 0 Å². The van der Waals surface area contributed by atoms with Crippen molar-refractivity contribution in [1.29, 1.82) is 0 Å². The maximum Gasteiger partial charge on any atom is 0.263 e. The van der Waals surface area contributed by atoms with Crippen molar-refractivity contribution in [3.05, 3.63) is 46.2 Å². The van der Waals surface area contributed by atoms with Gasteiger partial charge in [0.1, 0.15) is 4.90 Å². The Morgan fingerprint density at radius 1 is 1.26 bits per heavy atom. The molecule has 0 unspecified atom stereocenters. The van der Waals surface area contributed by atoms with E-state index in [1.807, 2.05) is 0 Å². The molecule has 0 saturated carbocycles. The smallest absolute Gasteiger partial charge is 0.263 e. The van der Waals surface area contributed by atoms with Crippen LogP contribution >= 0.6 is 23.2 Å². The third-order valence-electron chi connectivity index (χ3n) is 2.42. The van der Waals surface area contributed by atoms with Gasteiger partial charge in [-0.3, -0.25) is 4.72 Å². The van der Waals surface area contributed by atoms with Gasteiger partial charge in [-0.1, -0.05) is 23.2 Å². The monoisotopic (exact) mass is 319 g/mol. The summed E-state index contributed by atoms with van der Waals surface area (Å²) >= 11 is 11.7. The average Bonchev–Trinajstić information content (AvgIpc) is 2.82. The Hall–Kier alpha value is -1.21. The van der Waals surface area contributed by atoms with Gasteiger partial charge in [0.15, 0.2) is 0 Å². The third-order valence-corrected chi connectivity index (χ3v) is 4.31. The largest absolute Gasteiger partial charge is 0.363 e. The Labute approximate surface area is 120 Å². The third kappa shape index (κ3) is 3.22. The Balaban J connectivity index is 2.30. The predicted octanol–water partition coefficient (Wildman–Crippen LogP) is 2.58. The van der Waals surface area contributed by atoms with Crippen LogP contribution in [0.1, 0.15) is 5.69 Å². The van der Waals surface area contributed by atoms with Crippen LogP contribution in [-0.2, 0) is 16.6 Å². The van der Waals surface area contributed by atoms with E-state index in [0.717, 1.165) is 0 Å². The zero-order chi connectivity index (χ0) is 14.0. The van der Waals surface area contributed by atoms with Crippen LogP contribution in [-0.4, -0.2) is 13.4 Å². The van der Waals surface area contributed by atoms with E-state index in [1.54, 1.807) is 6.07 Å². The fourth-order valence-electron chi connectivity index (χ4n) is 1.47. The summed E-state index contributed by atoms with van der Waals surface area (Å²) in [5, 5.41) is 0.658. The minimum absolute atomic E-state index is 0.0963. The molecule has 1 aromatic carbocycles. The number of benzene rings is 1. The van der Waals surface area contributed by atoms with Crippen LogP contribution in [0.25, 0.3) is 0 Å². The molecule has 5 nitrogen and oxygen atoms in total. The van der Waals surface area contributed by atoms with Gasteiger partial charge in [0.25, 0.3) is 10.0 Å². The van der Waals surface area contributed by atoms with Crippen molar-refractivity contribution in [2.24, 2.45) is 5.73 Å². The second kappa shape index (κ2) is 5.42. The van der Waals surface area contributed by atoms with Crippen molar-refractivity contribution in [1.82, 2.24) is 4.98 Å². The number of anilines is 1. The summed E-state index contributed by atoms with van der Waals surface area (Å²) in [6, 6.07) is 5.97. The molecule has 0 aliphatic rings. The molecule has 19 heavy (non-hydrogen) atoms. The van der Waals surface area contributed by atoms with Gasteiger partial charge in [-0.2, -0.15) is 0 Å². The van der Waals surface area contributed by atoms with E-state index >= 15 is 0 Å². The first-order valence-electron chi connectivity index (χ1n) is 5.27. The highest BCUT2D eigenvalue weighted by molar-refractivity contribution is 7.92. The summed E-state index contributed by atoms with van der Waals surface area (Å²) in [6.45, 7) is 0.233. The molecule has 8 heteroatoms. The summed E-state index contributed by atoms with van der Waals surface area (Å²) in [5.41, 5.74) is 6.31.